The van der Waals surface area contributed by atoms with Crippen molar-refractivity contribution in [2.24, 2.45) is 0 Å². The predicted octanol–water partition coefficient (Wildman–Crippen LogP) is 1.30. The normalized spacial score (nSPS) is 9.25. The fourth-order valence-corrected chi connectivity index (χ4v) is 1.28. The molecular weight excluding hydrogens is 202 g/mol. The summed E-state index contributed by atoms with van der Waals surface area (Å²) in [6.07, 6.45) is 0.968. The lowest BCUT2D eigenvalue weighted by atomic mass is 10.1. The van der Waals surface area contributed by atoms with Gasteiger partial charge in [0.15, 0.2) is 0 Å². The monoisotopic (exact) mass is 217 g/mol. The fourth-order valence-electron chi connectivity index (χ4n) is 1.28. The summed E-state index contributed by atoms with van der Waals surface area (Å²) in [5, 5.41) is 13.8. The summed E-state index contributed by atoms with van der Waals surface area (Å²) >= 11 is 0. The zero-order valence-corrected chi connectivity index (χ0v) is 9.29. The molecule has 0 fully saturated rings. The number of hydrogen-bond donors (Lipinski definition) is 2. The average molecular weight is 217 g/mol. The SMILES string of the molecule is CCc1cccc(NCC(=O)NCC#N)c1. The lowest BCUT2D eigenvalue weighted by molar-refractivity contribution is -0.119. The summed E-state index contributed by atoms with van der Waals surface area (Å²) in [6.45, 7) is 2.32. The van der Waals surface area contributed by atoms with Gasteiger partial charge in [-0.2, -0.15) is 5.26 Å². The summed E-state index contributed by atoms with van der Waals surface area (Å²) in [6, 6.07) is 9.78. The van der Waals surface area contributed by atoms with Gasteiger partial charge in [0.2, 0.25) is 5.91 Å². The number of hydrogen-bond acceptors (Lipinski definition) is 3. The van der Waals surface area contributed by atoms with Gasteiger partial charge in [-0.1, -0.05) is 19.1 Å². The summed E-state index contributed by atoms with van der Waals surface area (Å²) < 4.78 is 0. The summed E-state index contributed by atoms with van der Waals surface area (Å²) in [4.78, 5) is 11.2. The highest BCUT2D eigenvalue weighted by Crippen LogP contribution is 2.10. The van der Waals surface area contributed by atoms with Crippen LogP contribution < -0.4 is 10.6 Å². The molecule has 0 radical (unpaired) electrons. The summed E-state index contributed by atoms with van der Waals surface area (Å²) in [5.74, 6) is -0.177. The molecule has 1 aromatic carbocycles. The lowest BCUT2D eigenvalue weighted by Gasteiger charge is -2.07. The number of nitrogens with zero attached hydrogens (tertiary/aromatic N) is 1. The maximum atomic E-state index is 11.2. The van der Waals surface area contributed by atoms with E-state index in [0.717, 1.165) is 12.1 Å². The number of carbonyl (C=O) groups is 1. The number of aryl methyl sites for hydroxylation is 1. The van der Waals surface area contributed by atoms with Crippen LogP contribution in [0.1, 0.15) is 12.5 Å². The molecule has 84 valence electrons. The van der Waals surface area contributed by atoms with Gasteiger partial charge in [-0.3, -0.25) is 4.79 Å². The highest BCUT2D eigenvalue weighted by molar-refractivity contribution is 5.80. The van der Waals surface area contributed by atoms with Gasteiger partial charge in [0.25, 0.3) is 0 Å². The van der Waals surface area contributed by atoms with Crippen molar-refractivity contribution in [2.45, 2.75) is 13.3 Å². The molecule has 16 heavy (non-hydrogen) atoms. The largest absolute Gasteiger partial charge is 0.376 e. The molecule has 1 aromatic rings. The van der Waals surface area contributed by atoms with Crippen LogP contribution in [0.3, 0.4) is 0 Å². The van der Waals surface area contributed by atoms with Crippen molar-refractivity contribution in [3.05, 3.63) is 29.8 Å². The van der Waals surface area contributed by atoms with E-state index in [2.05, 4.69) is 17.6 Å². The molecule has 0 saturated carbocycles. The van der Waals surface area contributed by atoms with E-state index in [9.17, 15) is 4.79 Å². The predicted molar refractivity (Wildman–Crippen MR) is 62.9 cm³/mol. The highest BCUT2D eigenvalue weighted by Gasteiger charge is 1.99. The van der Waals surface area contributed by atoms with Crippen molar-refractivity contribution in [2.75, 3.05) is 18.4 Å². The van der Waals surface area contributed by atoms with Crippen molar-refractivity contribution in [3.63, 3.8) is 0 Å². The molecule has 2 N–H and O–H groups in total. The molecule has 0 aromatic heterocycles. The molecule has 0 saturated heterocycles. The third-order valence-corrected chi connectivity index (χ3v) is 2.15. The van der Waals surface area contributed by atoms with Crippen LogP contribution in [-0.4, -0.2) is 19.0 Å². The van der Waals surface area contributed by atoms with Crippen LogP contribution in [0.15, 0.2) is 24.3 Å². The zero-order valence-electron chi connectivity index (χ0n) is 9.29. The minimum absolute atomic E-state index is 0.0511. The van der Waals surface area contributed by atoms with Crippen LogP contribution in [0.25, 0.3) is 0 Å². The third kappa shape index (κ3) is 4.01. The molecular formula is C12H15N3O. The van der Waals surface area contributed by atoms with Gasteiger partial charge in [-0.15, -0.1) is 0 Å². The number of rotatable bonds is 5. The third-order valence-electron chi connectivity index (χ3n) is 2.15. The summed E-state index contributed by atoms with van der Waals surface area (Å²) in [7, 11) is 0. The number of benzene rings is 1. The fraction of sp³-hybridized carbons (Fsp3) is 0.333. The van der Waals surface area contributed by atoms with Crippen molar-refractivity contribution in [1.29, 1.82) is 5.26 Å². The van der Waals surface area contributed by atoms with E-state index in [-0.39, 0.29) is 19.0 Å². The van der Waals surface area contributed by atoms with Gasteiger partial charge in [0.1, 0.15) is 6.54 Å². The molecule has 0 atom stereocenters. The molecule has 4 heteroatoms. The van der Waals surface area contributed by atoms with Crippen molar-refractivity contribution in [1.82, 2.24) is 5.32 Å². The Morgan fingerprint density at radius 2 is 2.31 bits per heavy atom. The zero-order chi connectivity index (χ0) is 11.8. The van der Waals surface area contributed by atoms with E-state index in [1.165, 1.54) is 5.56 Å². The Kier molecular flexibility index (Phi) is 4.87. The maximum absolute atomic E-state index is 11.2. The molecule has 0 aliphatic heterocycles. The highest BCUT2D eigenvalue weighted by atomic mass is 16.1. The topological polar surface area (TPSA) is 64.9 Å². The van der Waals surface area contributed by atoms with Crippen LogP contribution in [-0.2, 0) is 11.2 Å². The van der Waals surface area contributed by atoms with Crippen molar-refractivity contribution in [3.8, 4) is 6.07 Å². The molecule has 4 nitrogen and oxygen atoms in total. The lowest BCUT2D eigenvalue weighted by Crippen LogP contribution is -2.29. The minimum Gasteiger partial charge on any atom is -0.376 e. The molecule has 0 spiro atoms. The Balaban J connectivity index is 2.42. The van der Waals surface area contributed by atoms with Gasteiger partial charge in [-0.05, 0) is 24.1 Å². The quantitative estimate of drug-likeness (QED) is 0.731. The second-order valence-electron chi connectivity index (χ2n) is 3.34. The van der Waals surface area contributed by atoms with Crippen molar-refractivity contribution < 1.29 is 4.79 Å². The standard InChI is InChI=1S/C12H15N3O/c1-2-10-4-3-5-11(8-10)15-9-12(16)14-7-6-13/h3-5,8,15H,2,7,9H2,1H3,(H,14,16). The summed E-state index contributed by atoms with van der Waals surface area (Å²) in [5.41, 5.74) is 2.15. The Morgan fingerprint density at radius 3 is 3.00 bits per heavy atom. The van der Waals surface area contributed by atoms with Gasteiger partial charge in [0.05, 0.1) is 12.6 Å². The number of nitriles is 1. The first-order chi connectivity index (χ1) is 7.76. The van der Waals surface area contributed by atoms with Gasteiger partial charge < -0.3 is 10.6 Å². The van der Waals surface area contributed by atoms with E-state index < -0.39 is 0 Å². The molecule has 1 amide bonds. The van der Waals surface area contributed by atoms with Crippen LogP contribution in [0.2, 0.25) is 0 Å². The first-order valence-electron chi connectivity index (χ1n) is 5.22. The second-order valence-corrected chi connectivity index (χ2v) is 3.34. The van der Waals surface area contributed by atoms with E-state index in [1.54, 1.807) is 0 Å². The molecule has 0 bridgehead atoms. The van der Waals surface area contributed by atoms with E-state index in [1.807, 2.05) is 30.3 Å². The number of amides is 1. The number of nitrogens with one attached hydrogen (secondary N) is 2. The second kappa shape index (κ2) is 6.46. The molecule has 1 rings (SSSR count). The Labute approximate surface area is 95.3 Å². The van der Waals surface area contributed by atoms with Crippen LogP contribution in [0.4, 0.5) is 5.69 Å². The van der Waals surface area contributed by atoms with Gasteiger partial charge >= 0.3 is 0 Å². The van der Waals surface area contributed by atoms with Crippen LogP contribution in [0, 0.1) is 11.3 Å². The Bertz CT molecular complexity index is 395. The van der Waals surface area contributed by atoms with Crippen LogP contribution in [0.5, 0.6) is 0 Å². The molecule has 0 aliphatic carbocycles. The first-order valence-corrected chi connectivity index (χ1v) is 5.22. The average Bonchev–Trinajstić information content (AvgIpc) is 2.34. The van der Waals surface area contributed by atoms with Gasteiger partial charge in [-0.25, -0.2) is 0 Å². The van der Waals surface area contributed by atoms with Crippen LogP contribution >= 0.6 is 0 Å². The van der Waals surface area contributed by atoms with Gasteiger partial charge in [0, 0.05) is 5.69 Å². The van der Waals surface area contributed by atoms with Crippen molar-refractivity contribution >= 4 is 11.6 Å². The molecule has 0 unspecified atom stereocenters. The first kappa shape index (κ1) is 12.1. The number of anilines is 1. The Hall–Kier alpha value is -2.02. The smallest absolute Gasteiger partial charge is 0.240 e. The number of carbonyl (C=O) groups excluding carboxylic acids is 1. The maximum Gasteiger partial charge on any atom is 0.240 e. The Morgan fingerprint density at radius 1 is 1.50 bits per heavy atom. The van der Waals surface area contributed by atoms with E-state index >= 15 is 0 Å². The minimum atomic E-state index is -0.177. The van der Waals surface area contributed by atoms with E-state index in [0.29, 0.717) is 0 Å². The molecule has 0 heterocycles. The molecule has 0 aliphatic rings. The van der Waals surface area contributed by atoms with E-state index in [4.69, 9.17) is 5.26 Å².